The minimum Gasteiger partial charge on any atom is -0.492 e. The molecule has 0 aromatic heterocycles. The van der Waals surface area contributed by atoms with E-state index in [1.54, 1.807) is 42.5 Å². The van der Waals surface area contributed by atoms with Gasteiger partial charge in [0, 0.05) is 37.7 Å². The Bertz CT molecular complexity index is 975. The van der Waals surface area contributed by atoms with E-state index in [9.17, 15) is 22.4 Å². The van der Waals surface area contributed by atoms with Gasteiger partial charge in [0.15, 0.2) is 0 Å². The lowest BCUT2D eigenvalue weighted by molar-refractivity contribution is -0.150. The number of halogens is 4. The van der Waals surface area contributed by atoms with E-state index in [0.29, 0.717) is 36.4 Å². The first-order chi connectivity index (χ1) is 15.7. The van der Waals surface area contributed by atoms with Gasteiger partial charge in [-0.15, -0.1) is 0 Å². The predicted octanol–water partition coefficient (Wildman–Crippen LogP) is 3.58. The van der Waals surface area contributed by atoms with Crippen LogP contribution in [0.4, 0.5) is 17.6 Å². The number of amides is 1. The maximum atomic E-state index is 13.3. The second kappa shape index (κ2) is 9.69. The molecule has 2 aromatic rings. The molecule has 1 saturated heterocycles. The van der Waals surface area contributed by atoms with E-state index >= 15 is 0 Å². The first-order valence-electron chi connectivity index (χ1n) is 11.0. The summed E-state index contributed by atoms with van der Waals surface area (Å²) in [6, 6.07) is 11.4. The Labute approximate surface area is 190 Å². The van der Waals surface area contributed by atoms with Crippen LogP contribution >= 0.6 is 0 Å². The monoisotopic (exact) mass is 465 g/mol. The zero-order chi connectivity index (χ0) is 23.6. The number of ether oxygens (including phenoxy) is 1. The molecule has 4 rings (SSSR count). The van der Waals surface area contributed by atoms with Crippen molar-refractivity contribution in [1.82, 2.24) is 9.80 Å². The Morgan fingerprint density at radius 2 is 1.85 bits per heavy atom. The van der Waals surface area contributed by atoms with Gasteiger partial charge in [0.1, 0.15) is 12.4 Å². The molecule has 9 heteroatoms. The van der Waals surface area contributed by atoms with Gasteiger partial charge in [-0.2, -0.15) is 13.2 Å². The third-order valence-corrected chi connectivity index (χ3v) is 6.26. The largest absolute Gasteiger partial charge is 0.492 e. The number of fused-ring (bicyclic) bond motifs is 1. The molecule has 1 fully saturated rings. The summed E-state index contributed by atoms with van der Waals surface area (Å²) in [4.78, 5) is 15.1. The minimum absolute atomic E-state index is 0.126. The van der Waals surface area contributed by atoms with Gasteiger partial charge in [-0.25, -0.2) is 0 Å². The van der Waals surface area contributed by atoms with Crippen LogP contribution in [0.2, 0.25) is 0 Å². The van der Waals surface area contributed by atoms with E-state index < -0.39 is 24.7 Å². The normalized spacial score (nSPS) is 19.7. The lowest BCUT2D eigenvalue weighted by Crippen LogP contribution is -2.49. The Balaban J connectivity index is 1.49. The lowest BCUT2D eigenvalue weighted by atomic mass is 9.87. The van der Waals surface area contributed by atoms with E-state index in [2.05, 4.69) is 4.90 Å². The Morgan fingerprint density at radius 3 is 2.48 bits per heavy atom. The quantitative estimate of drug-likeness (QED) is 0.606. The Hall–Kier alpha value is -2.65. The first-order valence-corrected chi connectivity index (χ1v) is 11.0. The number of benzene rings is 2. The van der Waals surface area contributed by atoms with Crippen molar-refractivity contribution in [2.24, 2.45) is 11.7 Å². The van der Waals surface area contributed by atoms with Crippen LogP contribution in [0.25, 0.3) is 0 Å². The van der Waals surface area contributed by atoms with E-state index in [1.807, 2.05) is 0 Å². The van der Waals surface area contributed by atoms with Crippen LogP contribution in [0.15, 0.2) is 42.5 Å². The van der Waals surface area contributed by atoms with Gasteiger partial charge >= 0.3 is 6.18 Å². The fraction of sp³-hybridized carbons (Fsp3) is 0.458. The van der Waals surface area contributed by atoms with Gasteiger partial charge in [-0.3, -0.25) is 19.0 Å². The molecule has 2 aliphatic rings. The smallest absolute Gasteiger partial charge is 0.401 e. The molecule has 0 spiro atoms. The summed E-state index contributed by atoms with van der Waals surface area (Å²) in [5.74, 6) is 0.192. The standard InChI is InChI=1S/C24H27F4N3O2/c25-12-16-13-30(14-16)9-10-33-20-4-1-17(2-5-20)22-21-6-3-19(23(29)32)11-18(21)7-8-31(22)15-24(26,27)28/h1-6,11,16,22H,7-10,12-15H2,(H2,29,32)/t22-/m1/s1. The van der Waals surface area contributed by atoms with Crippen molar-refractivity contribution >= 4 is 5.91 Å². The highest BCUT2D eigenvalue weighted by Gasteiger charge is 2.37. The van der Waals surface area contributed by atoms with Gasteiger partial charge in [0.25, 0.3) is 0 Å². The van der Waals surface area contributed by atoms with E-state index in [-0.39, 0.29) is 19.1 Å². The third-order valence-electron chi connectivity index (χ3n) is 6.26. The number of carbonyl (C=O) groups excluding carboxylic acids is 1. The summed E-state index contributed by atoms with van der Waals surface area (Å²) in [5, 5.41) is 0. The molecular formula is C24H27F4N3O2. The van der Waals surface area contributed by atoms with Crippen LogP contribution in [0.3, 0.4) is 0 Å². The van der Waals surface area contributed by atoms with Crippen LogP contribution in [0.5, 0.6) is 5.75 Å². The average molecular weight is 465 g/mol. The number of carbonyl (C=O) groups is 1. The van der Waals surface area contributed by atoms with E-state index in [1.165, 1.54) is 4.90 Å². The number of nitrogens with zero attached hydrogens (tertiary/aromatic N) is 2. The highest BCUT2D eigenvalue weighted by atomic mass is 19.4. The molecule has 2 aromatic carbocycles. The third kappa shape index (κ3) is 5.65. The molecule has 0 saturated carbocycles. The summed E-state index contributed by atoms with van der Waals surface area (Å²) < 4.78 is 58.1. The number of nitrogens with two attached hydrogens (primary N) is 1. The fourth-order valence-corrected chi connectivity index (χ4v) is 4.62. The molecule has 0 unspecified atom stereocenters. The lowest BCUT2D eigenvalue weighted by Gasteiger charge is -2.38. The van der Waals surface area contributed by atoms with Crippen LogP contribution < -0.4 is 10.5 Å². The predicted molar refractivity (Wildman–Crippen MR) is 116 cm³/mol. The van der Waals surface area contributed by atoms with Crippen LogP contribution in [-0.4, -0.2) is 67.9 Å². The summed E-state index contributed by atoms with van der Waals surface area (Å²) in [5.41, 5.74) is 8.01. The highest BCUT2D eigenvalue weighted by Crippen LogP contribution is 2.38. The van der Waals surface area contributed by atoms with Crippen molar-refractivity contribution in [3.8, 4) is 5.75 Å². The maximum Gasteiger partial charge on any atom is 0.401 e. The number of rotatable bonds is 8. The maximum absolute atomic E-state index is 13.3. The van der Waals surface area contributed by atoms with Crippen molar-refractivity contribution < 1.29 is 27.1 Å². The zero-order valence-electron chi connectivity index (χ0n) is 18.2. The van der Waals surface area contributed by atoms with Crippen molar-refractivity contribution in [2.45, 2.75) is 18.6 Å². The number of alkyl halides is 4. The SMILES string of the molecule is NC(=O)c1ccc2c(c1)CCN(CC(F)(F)F)[C@@H]2c1ccc(OCCN2CC(CF)C2)cc1. The number of likely N-dealkylation sites (tertiary alicyclic amines) is 1. The minimum atomic E-state index is -4.33. The molecule has 2 heterocycles. The molecular weight excluding hydrogens is 438 g/mol. The van der Waals surface area contributed by atoms with Gasteiger partial charge in [-0.1, -0.05) is 18.2 Å². The fourth-order valence-electron chi connectivity index (χ4n) is 4.62. The number of hydrogen-bond donors (Lipinski definition) is 1. The summed E-state index contributed by atoms with van der Waals surface area (Å²) in [6.45, 7) is 1.55. The molecule has 178 valence electrons. The molecule has 1 amide bonds. The van der Waals surface area contributed by atoms with Crippen LogP contribution in [0, 0.1) is 5.92 Å². The summed E-state index contributed by atoms with van der Waals surface area (Å²) in [6.07, 6.45) is -3.92. The van der Waals surface area contributed by atoms with E-state index in [0.717, 1.165) is 24.2 Å². The van der Waals surface area contributed by atoms with Gasteiger partial charge in [0.05, 0.1) is 19.3 Å². The van der Waals surface area contributed by atoms with Crippen LogP contribution in [-0.2, 0) is 6.42 Å². The van der Waals surface area contributed by atoms with Crippen molar-refractivity contribution in [2.75, 3.05) is 46.0 Å². The molecule has 33 heavy (non-hydrogen) atoms. The molecule has 5 nitrogen and oxygen atoms in total. The number of primary amides is 1. The first kappa shape index (κ1) is 23.5. The van der Waals surface area contributed by atoms with Crippen molar-refractivity contribution in [1.29, 1.82) is 0 Å². The topological polar surface area (TPSA) is 58.8 Å². The summed E-state index contributed by atoms with van der Waals surface area (Å²) in [7, 11) is 0. The second-order valence-electron chi connectivity index (χ2n) is 8.71. The van der Waals surface area contributed by atoms with Crippen LogP contribution in [0.1, 0.15) is 33.1 Å². The molecule has 0 aliphatic carbocycles. The van der Waals surface area contributed by atoms with Crippen molar-refractivity contribution in [3.63, 3.8) is 0 Å². The van der Waals surface area contributed by atoms with Gasteiger partial charge < -0.3 is 10.5 Å². The Morgan fingerprint density at radius 1 is 1.12 bits per heavy atom. The highest BCUT2D eigenvalue weighted by molar-refractivity contribution is 5.93. The number of hydrogen-bond acceptors (Lipinski definition) is 4. The van der Waals surface area contributed by atoms with Gasteiger partial charge in [0.2, 0.25) is 5.91 Å². The van der Waals surface area contributed by atoms with Crippen molar-refractivity contribution in [3.05, 3.63) is 64.7 Å². The molecule has 2 N–H and O–H groups in total. The molecule has 0 bridgehead atoms. The average Bonchev–Trinajstić information content (AvgIpc) is 2.74. The van der Waals surface area contributed by atoms with E-state index in [4.69, 9.17) is 10.5 Å². The van der Waals surface area contributed by atoms with Gasteiger partial charge in [-0.05, 0) is 47.4 Å². The Kier molecular flexibility index (Phi) is 6.90. The molecule has 0 radical (unpaired) electrons. The zero-order valence-corrected chi connectivity index (χ0v) is 18.2. The molecule has 2 aliphatic heterocycles. The summed E-state index contributed by atoms with van der Waals surface area (Å²) >= 11 is 0. The second-order valence-corrected chi connectivity index (χ2v) is 8.71. The molecule has 1 atom stereocenters.